The van der Waals surface area contributed by atoms with Crippen LogP contribution >= 0.6 is 0 Å². The molecule has 0 bridgehead atoms. The Morgan fingerprint density at radius 3 is 3.00 bits per heavy atom. The lowest BCUT2D eigenvalue weighted by molar-refractivity contribution is 0.276. The van der Waals surface area contributed by atoms with Crippen LogP contribution in [0.2, 0.25) is 0 Å². The summed E-state index contributed by atoms with van der Waals surface area (Å²) in [4.78, 5) is 6.42. The van der Waals surface area contributed by atoms with Crippen LogP contribution in [-0.4, -0.2) is 22.7 Å². The molecule has 1 N–H and O–H groups in total. The second kappa shape index (κ2) is 4.23. The number of oxazole rings is 1. The molecule has 15 heavy (non-hydrogen) atoms. The first kappa shape index (κ1) is 10.5. The molecule has 84 valence electrons. The van der Waals surface area contributed by atoms with Crippen LogP contribution in [-0.2, 0) is 6.61 Å². The number of anilines is 1. The summed E-state index contributed by atoms with van der Waals surface area (Å²) in [5.74, 6) is 0.781. The third-order valence-electron chi connectivity index (χ3n) is 3.09. The zero-order chi connectivity index (χ0) is 10.8. The molecule has 0 spiro atoms. The van der Waals surface area contributed by atoms with E-state index in [1.807, 2.05) is 0 Å². The molecule has 4 heteroatoms. The van der Waals surface area contributed by atoms with E-state index in [4.69, 9.17) is 9.52 Å². The Morgan fingerprint density at radius 2 is 2.40 bits per heavy atom. The Labute approximate surface area is 89.9 Å². The average molecular weight is 210 g/mol. The molecule has 2 unspecified atom stereocenters. The fraction of sp³-hybridized carbons (Fsp3) is 0.727. The van der Waals surface area contributed by atoms with E-state index in [0.717, 1.165) is 12.5 Å². The zero-order valence-electron chi connectivity index (χ0n) is 9.31. The van der Waals surface area contributed by atoms with Gasteiger partial charge in [-0.1, -0.05) is 6.92 Å². The van der Waals surface area contributed by atoms with Crippen LogP contribution in [0.4, 0.5) is 6.01 Å². The maximum absolute atomic E-state index is 8.92. The Hall–Kier alpha value is -1.03. The normalized spacial score (nSPS) is 27.0. The van der Waals surface area contributed by atoms with E-state index in [1.54, 1.807) is 0 Å². The van der Waals surface area contributed by atoms with Gasteiger partial charge in [0.1, 0.15) is 12.0 Å². The molecule has 2 rings (SSSR count). The van der Waals surface area contributed by atoms with Gasteiger partial charge in [-0.2, -0.15) is 4.98 Å². The Bertz CT molecular complexity index is 324. The highest BCUT2D eigenvalue weighted by atomic mass is 16.4. The van der Waals surface area contributed by atoms with Crippen molar-refractivity contribution in [2.45, 2.75) is 39.3 Å². The predicted octanol–water partition coefficient (Wildman–Crippen LogP) is 1.79. The van der Waals surface area contributed by atoms with Crippen LogP contribution < -0.4 is 4.90 Å². The molecule has 0 aromatic carbocycles. The van der Waals surface area contributed by atoms with Crippen molar-refractivity contribution in [3.63, 3.8) is 0 Å². The fourth-order valence-electron chi connectivity index (χ4n) is 2.19. The number of aliphatic hydroxyl groups is 1. The molecule has 0 radical (unpaired) electrons. The third-order valence-corrected chi connectivity index (χ3v) is 3.09. The van der Waals surface area contributed by atoms with Crippen LogP contribution in [0.5, 0.6) is 0 Å². The summed E-state index contributed by atoms with van der Waals surface area (Å²) in [7, 11) is 0. The first-order valence-corrected chi connectivity index (χ1v) is 5.52. The number of aromatic nitrogens is 1. The van der Waals surface area contributed by atoms with Crippen LogP contribution in [0, 0.1) is 5.92 Å². The summed E-state index contributed by atoms with van der Waals surface area (Å²) in [5.41, 5.74) is 0.607. The minimum atomic E-state index is -0.0534. The Morgan fingerprint density at radius 1 is 1.60 bits per heavy atom. The molecule has 1 aromatic rings. The molecule has 1 saturated heterocycles. The number of nitrogens with zero attached hydrogens (tertiary/aromatic N) is 2. The van der Waals surface area contributed by atoms with Crippen molar-refractivity contribution in [1.29, 1.82) is 0 Å². The lowest BCUT2D eigenvalue weighted by atomic mass is 9.94. The van der Waals surface area contributed by atoms with Gasteiger partial charge in [-0.05, 0) is 25.7 Å². The van der Waals surface area contributed by atoms with Gasteiger partial charge < -0.3 is 14.4 Å². The first-order chi connectivity index (χ1) is 7.20. The molecule has 2 heterocycles. The molecule has 4 nitrogen and oxygen atoms in total. The molecule has 0 amide bonds. The quantitative estimate of drug-likeness (QED) is 0.808. The smallest absolute Gasteiger partial charge is 0.297 e. The Balaban J connectivity index is 2.09. The van der Waals surface area contributed by atoms with Crippen molar-refractivity contribution in [3.8, 4) is 0 Å². The molecule has 0 saturated carbocycles. The standard InChI is InChI=1S/C11H18N2O2/c1-8-3-4-13(9(2)5-8)11-12-10(6-14)7-15-11/h7-9,14H,3-6H2,1-2H3. The molecule has 1 aromatic heterocycles. The van der Waals surface area contributed by atoms with Crippen molar-refractivity contribution in [2.75, 3.05) is 11.4 Å². The van der Waals surface area contributed by atoms with Gasteiger partial charge in [0.25, 0.3) is 6.01 Å². The summed E-state index contributed by atoms with van der Waals surface area (Å²) >= 11 is 0. The molecular weight excluding hydrogens is 192 g/mol. The summed E-state index contributed by atoms with van der Waals surface area (Å²) in [6, 6.07) is 1.12. The second-order valence-electron chi connectivity index (χ2n) is 4.45. The number of piperidine rings is 1. The average Bonchev–Trinajstić information content (AvgIpc) is 2.66. The highest BCUT2D eigenvalue weighted by Gasteiger charge is 2.25. The topological polar surface area (TPSA) is 49.5 Å². The van der Waals surface area contributed by atoms with Gasteiger partial charge >= 0.3 is 0 Å². The van der Waals surface area contributed by atoms with Crippen LogP contribution in [0.1, 0.15) is 32.4 Å². The summed E-state index contributed by atoms with van der Waals surface area (Å²) < 4.78 is 5.36. The van der Waals surface area contributed by atoms with Crippen molar-refractivity contribution in [3.05, 3.63) is 12.0 Å². The van der Waals surface area contributed by atoms with E-state index in [2.05, 4.69) is 23.7 Å². The maximum atomic E-state index is 8.92. The lowest BCUT2D eigenvalue weighted by Crippen LogP contribution is -2.40. The van der Waals surface area contributed by atoms with Gasteiger partial charge in [-0.15, -0.1) is 0 Å². The molecule has 1 aliphatic rings. The van der Waals surface area contributed by atoms with E-state index < -0.39 is 0 Å². The van der Waals surface area contributed by atoms with Gasteiger partial charge in [0.15, 0.2) is 0 Å². The van der Waals surface area contributed by atoms with Crippen molar-refractivity contribution >= 4 is 6.01 Å². The van der Waals surface area contributed by atoms with Crippen LogP contribution in [0.25, 0.3) is 0 Å². The largest absolute Gasteiger partial charge is 0.432 e. The molecule has 0 aliphatic carbocycles. The number of aliphatic hydroxyl groups excluding tert-OH is 1. The highest BCUT2D eigenvalue weighted by molar-refractivity contribution is 5.29. The van der Waals surface area contributed by atoms with Gasteiger partial charge in [0.05, 0.1) is 6.61 Å². The molecule has 1 fully saturated rings. The van der Waals surface area contributed by atoms with Crippen LogP contribution in [0.15, 0.2) is 10.7 Å². The summed E-state index contributed by atoms with van der Waals surface area (Å²) in [5, 5.41) is 8.92. The van der Waals surface area contributed by atoms with E-state index in [-0.39, 0.29) is 6.61 Å². The Kier molecular flexibility index (Phi) is 2.95. The predicted molar refractivity (Wildman–Crippen MR) is 57.6 cm³/mol. The molecule has 2 atom stereocenters. The molecular formula is C11H18N2O2. The van der Waals surface area contributed by atoms with Gasteiger partial charge in [0.2, 0.25) is 0 Å². The summed E-state index contributed by atoms with van der Waals surface area (Å²) in [6.45, 7) is 5.41. The first-order valence-electron chi connectivity index (χ1n) is 5.52. The maximum Gasteiger partial charge on any atom is 0.297 e. The number of hydrogen-bond donors (Lipinski definition) is 1. The SMILES string of the molecule is CC1CCN(c2nc(CO)co2)C(C)C1. The minimum absolute atomic E-state index is 0.0534. The van der Waals surface area contributed by atoms with Gasteiger partial charge in [-0.25, -0.2) is 0 Å². The van der Waals surface area contributed by atoms with Gasteiger partial charge in [0, 0.05) is 12.6 Å². The van der Waals surface area contributed by atoms with E-state index in [1.165, 1.54) is 19.1 Å². The molecule has 1 aliphatic heterocycles. The van der Waals surface area contributed by atoms with E-state index >= 15 is 0 Å². The van der Waals surface area contributed by atoms with Crippen molar-refractivity contribution in [2.24, 2.45) is 5.92 Å². The van der Waals surface area contributed by atoms with Crippen LogP contribution in [0.3, 0.4) is 0 Å². The van der Waals surface area contributed by atoms with Gasteiger partial charge in [-0.3, -0.25) is 0 Å². The minimum Gasteiger partial charge on any atom is -0.432 e. The number of hydrogen-bond acceptors (Lipinski definition) is 4. The van der Waals surface area contributed by atoms with Crippen molar-refractivity contribution < 1.29 is 9.52 Å². The summed E-state index contributed by atoms with van der Waals surface area (Å²) in [6.07, 6.45) is 3.89. The third kappa shape index (κ3) is 2.15. The zero-order valence-corrected chi connectivity index (χ0v) is 9.31. The van der Waals surface area contributed by atoms with E-state index in [0.29, 0.717) is 17.8 Å². The van der Waals surface area contributed by atoms with E-state index in [9.17, 15) is 0 Å². The number of rotatable bonds is 2. The monoisotopic (exact) mass is 210 g/mol. The second-order valence-corrected chi connectivity index (χ2v) is 4.45. The lowest BCUT2D eigenvalue weighted by Gasteiger charge is -2.35. The fourth-order valence-corrected chi connectivity index (χ4v) is 2.19. The highest BCUT2D eigenvalue weighted by Crippen LogP contribution is 2.26. The van der Waals surface area contributed by atoms with Crippen molar-refractivity contribution in [1.82, 2.24) is 4.98 Å².